The number of nitrogens with zero attached hydrogens (tertiary/aromatic N) is 1. The molecule has 0 bridgehead atoms. The molecule has 22 heavy (non-hydrogen) atoms. The Balaban J connectivity index is 1.87. The Morgan fingerprint density at radius 3 is 2.32 bits per heavy atom. The Morgan fingerprint density at radius 1 is 1.09 bits per heavy atom. The average molecular weight is 302 g/mol. The van der Waals surface area contributed by atoms with Crippen LogP contribution in [0.3, 0.4) is 0 Å². The van der Waals surface area contributed by atoms with E-state index in [1.54, 1.807) is 4.90 Å². The first-order valence-electron chi connectivity index (χ1n) is 8.24. The third-order valence-electron chi connectivity index (χ3n) is 4.22. The van der Waals surface area contributed by atoms with Crippen molar-refractivity contribution in [1.29, 1.82) is 0 Å². The van der Waals surface area contributed by atoms with Crippen LogP contribution in [0.1, 0.15) is 51.0 Å². The van der Waals surface area contributed by atoms with Crippen molar-refractivity contribution in [3.05, 3.63) is 35.9 Å². The second-order valence-electron chi connectivity index (χ2n) is 6.12. The van der Waals surface area contributed by atoms with Crippen LogP contribution in [0.5, 0.6) is 0 Å². The Labute approximate surface area is 132 Å². The van der Waals surface area contributed by atoms with Gasteiger partial charge in [0, 0.05) is 19.5 Å². The van der Waals surface area contributed by atoms with Gasteiger partial charge in [0.15, 0.2) is 0 Å². The number of carbonyl (C=O) groups is 2. The van der Waals surface area contributed by atoms with Gasteiger partial charge in [0.25, 0.3) is 0 Å². The first kappa shape index (κ1) is 16.5. The smallest absolute Gasteiger partial charge is 0.239 e. The molecule has 0 heterocycles. The standard InChI is InChI=1S/C18H26N2O2/c1-15(21)20(13-16-9-5-4-6-10-16)14-18(22)19-17-11-7-2-3-8-12-17/h4-6,9-10,17H,2-3,7-8,11-14H2,1H3,(H,19,22). The molecular formula is C18H26N2O2. The summed E-state index contributed by atoms with van der Waals surface area (Å²) in [6, 6.07) is 10.1. The average Bonchev–Trinajstić information content (AvgIpc) is 2.76. The second-order valence-corrected chi connectivity index (χ2v) is 6.12. The molecular weight excluding hydrogens is 276 g/mol. The summed E-state index contributed by atoms with van der Waals surface area (Å²) in [6.45, 7) is 2.14. The second kappa shape index (κ2) is 8.57. The minimum Gasteiger partial charge on any atom is -0.352 e. The summed E-state index contributed by atoms with van der Waals surface area (Å²) in [5.41, 5.74) is 1.04. The van der Waals surface area contributed by atoms with Crippen LogP contribution >= 0.6 is 0 Å². The van der Waals surface area contributed by atoms with E-state index >= 15 is 0 Å². The van der Waals surface area contributed by atoms with Crippen LogP contribution in [0.25, 0.3) is 0 Å². The highest BCUT2D eigenvalue weighted by Crippen LogP contribution is 2.17. The molecule has 0 radical (unpaired) electrons. The molecule has 1 fully saturated rings. The van der Waals surface area contributed by atoms with Crippen molar-refractivity contribution in [3.8, 4) is 0 Å². The van der Waals surface area contributed by atoms with Crippen molar-refractivity contribution in [2.75, 3.05) is 6.54 Å². The molecule has 2 amide bonds. The minimum absolute atomic E-state index is 0.0435. The van der Waals surface area contributed by atoms with Crippen LogP contribution in [0.4, 0.5) is 0 Å². The van der Waals surface area contributed by atoms with Crippen molar-refractivity contribution in [1.82, 2.24) is 10.2 Å². The monoisotopic (exact) mass is 302 g/mol. The molecule has 4 heteroatoms. The van der Waals surface area contributed by atoms with E-state index in [1.165, 1.54) is 32.6 Å². The highest BCUT2D eigenvalue weighted by atomic mass is 16.2. The molecule has 0 unspecified atom stereocenters. The van der Waals surface area contributed by atoms with E-state index in [1.807, 2.05) is 30.3 Å². The number of rotatable bonds is 5. The first-order valence-corrected chi connectivity index (χ1v) is 8.24. The third kappa shape index (κ3) is 5.51. The molecule has 1 N–H and O–H groups in total. The van der Waals surface area contributed by atoms with Gasteiger partial charge in [-0.05, 0) is 18.4 Å². The number of carbonyl (C=O) groups excluding carboxylic acids is 2. The molecule has 2 rings (SSSR count). The van der Waals surface area contributed by atoms with Gasteiger partial charge in [-0.25, -0.2) is 0 Å². The van der Waals surface area contributed by atoms with Gasteiger partial charge in [0.1, 0.15) is 0 Å². The Kier molecular flexibility index (Phi) is 6.44. The van der Waals surface area contributed by atoms with Crippen molar-refractivity contribution in [3.63, 3.8) is 0 Å². The van der Waals surface area contributed by atoms with E-state index in [0.717, 1.165) is 18.4 Å². The highest BCUT2D eigenvalue weighted by molar-refractivity contribution is 5.83. The van der Waals surface area contributed by atoms with Gasteiger partial charge >= 0.3 is 0 Å². The lowest BCUT2D eigenvalue weighted by Crippen LogP contribution is -2.43. The topological polar surface area (TPSA) is 49.4 Å². The van der Waals surface area contributed by atoms with E-state index in [4.69, 9.17) is 0 Å². The van der Waals surface area contributed by atoms with Gasteiger partial charge in [-0.1, -0.05) is 56.0 Å². The molecule has 0 aromatic heterocycles. The van der Waals surface area contributed by atoms with Crippen molar-refractivity contribution in [2.45, 2.75) is 58.0 Å². The van der Waals surface area contributed by atoms with Crippen molar-refractivity contribution < 1.29 is 9.59 Å². The lowest BCUT2D eigenvalue weighted by molar-refractivity contribution is -0.135. The fraction of sp³-hybridized carbons (Fsp3) is 0.556. The number of benzene rings is 1. The minimum atomic E-state index is -0.0696. The van der Waals surface area contributed by atoms with Crippen LogP contribution in [-0.4, -0.2) is 29.3 Å². The summed E-state index contributed by atoms with van der Waals surface area (Å²) in [4.78, 5) is 25.6. The van der Waals surface area contributed by atoms with Gasteiger partial charge in [-0.2, -0.15) is 0 Å². The summed E-state index contributed by atoms with van der Waals surface area (Å²) in [5, 5.41) is 3.10. The lowest BCUT2D eigenvalue weighted by Gasteiger charge is -2.23. The maximum Gasteiger partial charge on any atom is 0.239 e. The van der Waals surface area contributed by atoms with Crippen molar-refractivity contribution >= 4 is 11.8 Å². The zero-order chi connectivity index (χ0) is 15.8. The van der Waals surface area contributed by atoms with E-state index in [2.05, 4.69) is 5.32 Å². The number of hydrogen-bond donors (Lipinski definition) is 1. The largest absolute Gasteiger partial charge is 0.352 e. The molecule has 0 saturated heterocycles. The normalized spacial score (nSPS) is 15.9. The fourth-order valence-corrected chi connectivity index (χ4v) is 2.95. The molecule has 1 aliphatic rings. The molecule has 1 aromatic rings. The molecule has 0 aliphatic heterocycles. The molecule has 1 saturated carbocycles. The number of hydrogen-bond acceptors (Lipinski definition) is 2. The van der Waals surface area contributed by atoms with Crippen LogP contribution in [0.2, 0.25) is 0 Å². The van der Waals surface area contributed by atoms with Crippen molar-refractivity contribution in [2.24, 2.45) is 0 Å². The lowest BCUT2D eigenvalue weighted by atomic mass is 10.1. The molecule has 4 nitrogen and oxygen atoms in total. The molecule has 1 aliphatic carbocycles. The van der Waals surface area contributed by atoms with Crippen LogP contribution in [0.15, 0.2) is 30.3 Å². The van der Waals surface area contributed by atoms with Gasteiger partial charge in [0.05, 0.1) is 6.54 Å². The zero-order valence-electron chi connectivity index (χ0n) is 13.4. The summed E-state index contributed by atoms with van der Waals surface area (Å²) in [6.07, 6.45) is 7.02. The Morgan fingerprint density at radius 2 is 1.73 bits per heavy atom. The predicted octanol–water partition coefficient (Wildman–Crippen LogP) is 2.87. The van der Waals surface area contributed by atoms with Crippen LogP contribution < -0.4 is 5.32 Å². The number of nitrogens with one attached hydrogen (secondary N) is 1. The Hall–Kier alpha value is -1.84. The van der Waals surface area contributed by atoms with Crippen LogP contribution in [0, 0.1) is 0 Å². The van der Waals surface area contributed by atoms with Gasteiger partial charge in [-0.15, -0.1) is 0 Å². The molecule has 0 atom stereocenters. The maximum absolute atomic E-state index is 12.2. The quantitative estimate of drug-likeness (QED) is 0.850. The summed E-state index contributed by atoms with van der Waals surface area (Å²) < 4.78 is 0. The van der Waals surface area contributed by atoms with E-state index in [0.29, 0.717) is 6.54 Å². The van der Waals surface area contributed by atoms with Crippen LogP contribution in [-0.2, 0) is 16.1 Å². The Bertz CT molecular complexity index is 479. The SMILES string of the molecule is CC(=O)N(CC(=O)NC1CCCCCC1)Cc1ccccc1. The highest BCUT2D eigenvalue weighted by Gasteiger charge is 2.18. The van der Waals surface area contributed by atoms with E-state index in [9.17, 15) is 9.59 Å². The fourth-order valence-electron chi connectivity index (χ4n) is 2.95. The molecule has 1 aromatic carbocycles. The molecule has 120 valence electrons. The predicted molar refractivity (Wildman–Crippen MR) is 87.2 cm³/mol. The van der Waals surface area contributed by atoms with E-state index in [-0.39, 0.29) is 24.4 Å². The summed E-state index contributed by atoms with van der Waals surface area (Å²) in [7, 11) is 0. The van der Waals surface area contributed by atoms with Gasteiger partial charge in [-0.3, -0.25) is 9.59 Å². The van der Waals surface area contributed by atoms with Gasteiger partial charge < -0.3 is 10.2 Å². The number of amides is 2. The zero-order valence-corrected chi connectivity index (χ0v) is 13.4. The van der Waals surface area contributed by atoms with Gasteiger partial charge in [0.2, 0.25) is 11.8 Å². The first-order chi connectivity index (χ1) is 10.6. The molecule has 0 spiro atoms. The maximum atomic E-state index is 12.2. The van der Waals surface area contributed by atoms with E-state index < -0.39 is 0 Å². The third-order valence-corrected chi connectivity index (χ3v) is 4.22. The summed E-state index contributed by atoms with van der Waals surface area (Å²) >= 11 is 0. The summed E-state index contributed by atoms with van der Waals surface area (Å²) in [5.74, 6) is -0.113.